The highest BCUT2D eigenvalue weighted by molar-refractivity contribution is 5.81. The molecule has 0 heterocycles. The van der Waals surface area contributed by atoms with Crippen molar-refractivity contribution < 1.29 is 24.6 Å². The third-order valence-electron chi connectivity index (χ3n) is 4.33. The van der Waals surface area contributed by atoms with Crippen LogP contribution in [0.3, 0.4) is 0 Å². The van der Waals surface area contributed by atoms with Crippen molar-refractivity contribution in [2.45, 2.75) is 32.2 Å². The lowest BCUT2D eigenvalue weighted by Gasteiger charge is -2.21. The van der Waals surface area contributed by atoms with Crippen molar-refractivity contribution in [1.82, 2.24) is 5.32 Å². The summed E-state index contributed by atoms with van der Waals surface area (Å²) in [6, 6.07) is 16.9. The van der Waals surface area contributed by atoms with Crippen molar-refractivity contribution in [3.8, 4) is 11.1 Å². The number of carboxylic acids is 2. The second kappa shape index (κ2) is 9.52. The number of hydrogen-bond donors (Lipinski definition) is 3. The molecule has 142 valence electrons. The Labute approximate surface area is 157 Å². The first-order valence-electron chi connectivity index (χ1n) is 8.76. The number of benzene rings is 2. The van der Waals surface area contributed by atoms with Crippen LogP contribution < -0.4 is 5.32 Å². The smallest absolute Gasteiger partial charge is 0.306 e. The molecule has 6 nitrogen and oxygen atoms in total. The highest BCUT2D eigenvalue weighted by Gasteiger charge is 2.22. The van der Waals surface area contributed by atoms with Gasteiger partial charge in [0.05, 0.1) is 18.4 Å². The van der Waals surface area contributed by atoms with E-state index in [-0.39, 0.29) is 19.3 Å². The Kier molecular flexibility index (Phi) is 7.11. The first-order chi connectivity index (χ1) is 12.9. The molecule has 2 aromatic carbocycles. The highest BCUT2D eigenvalue weighted by Crippen LogP contribution is 2.25. The van der Waals surface area contributed by atoms with Crippen LogP contribution in [0, 0.1) is 5.92 Å². The van der Waals surface area contributed by atoms with E-state index in [1.165, 1.54) is 0 Å². The highest BCUT2D eigenvalue weighted by atomic mass is 16.4. The third-order valence-corrected chi connectivity index (χ3v) is 4.33. The maximum atomic E-state index is 12.0. The fraction of sp³-hybridized carbons (Fsp3) is 0.286. The molecular formula is C21H23NO5. The second-order valence-corrected chi connectivity index (χ2v) is 6.48. The molecule has 0 fully saturated rings. The summed E-state index contributed by atoms with van der Waals surface area (Å²) in [6.07, 6.45) is -0.186. The Bertz CT molecular complexity index is 786. The number of carbonyl (C=O) groups is 3. The minimum Gasteiger partial charge on any atom is -0.481 e. The molecule has 2 aromatic rings. The zero-order valence-electron chi connectivity index (χ0n) is 15.1. The predicted octanol–water partition coefficient (Wildman–Crippen LogP) is 3.49. The largest absolute Gasteiger partial charge is 0.481 e. The van der Waals surface area contributed by atoms with Crippen LogP contribution in [0.15, 0.2) is 54.6 Å². The average Bonchev–Trinajstić information content (AvgIpc) is 2.66. The van der Waals surface area contributed by atoms with Crippen molar-refractivity contribution >= 4 is 17.8 Å². The van der Waals surface area contributed by atoms with Crippen LogP contribution in [-0.2, 0) is 14.4 Å². The fourth-order valence-electron chi connectivity index (χ4n) is 2.76. The van der Waals surface area contributed by atoms with Gasteiger partial charge < -0.3 is 15.5 Å². The number of hydrogen-bond acceptors (Lipinski definition) is 3. The first-order valence-corrected chi connectivity index (χ1v) is 8.76. The lowest BCUT2D eigenvalue weighted by Crippen LogP contribution is -2.31. The van der Waals surface area contributed by atoms with Gasteiger partial charge in [-0.05, 0) is 23.1 Å². The van der Waals surface area contributed by atoms with Crippen LogP contribution in [-0.4, -0.2) is 28.1 Å². The fourth-order valence-corrected chi connectivity index (χ4v) is 2.76. The number of carboxylic acid groups (broad SMARTS) is 2. The van der Waals surface area contributed by atoms with E-state index in [0.717, 1.165) is 16.7 Å². The molecule has 0 saturated heterocycles. The van der Waals surface area contributed by atoms with E-state index in [0.29, 0.717) is 0 Å². The number of rotatable bonds is 9. The topological polar surface area (TPSA) is 104 Å². The van der Waals surface area contributed by atoms with Gasteiger partial charge in [0, 0.05) is 6.42 Å². The van der Waals surface area contributed by atoms with Gasteiger partial charge in [0.1, 0.15) is 0 Å². The van der Waals surface area contributed by atoms with E-state index in [2.05, 4.69) is 5.32 Å². The van der Waals surface area contributed by atoms with Gasteiger partial charge in [-0.3, -0.25) is 14.4 Å². The van der Waals surface area contributed by atoms with Crippen LogP contribution in [0.4, 0.5) is 0 Å². The molecule has 0 aliphatic carbocycles. The SMILES string of the molecule is C[C@H](C[C@H](NC(=O)CCC(=O)O)c1ccc(-c2ccccc2)cc1)C(=O)O. The first kappa shape index (κ1) is 20.2. The van der Waals surface area contributed by atoms with E-state index in [9.17, 15) is 19.5 Å². The zero-order chi connectivity index (χ0) is 19.8. The molecule has 2 atom stereocenters. The molecule has 0 aliphatic heterocycles. The zero-order valence-corrected chi connectivity index (χ0v) is 15.1. The van der Waals surface area contributed by atoms with Gasteiger partial charge in [0.2, 0.25) is 5.91 Å². The monoisotopic (exact) mass is 369 g/mol. The Morgan fingerprint density at radius 3 is 2.04 bits per heavy atom. The predicted molar refractivity (Wildman–Crippen MR) is 101 cm³/mol. The maximum Gasteiger partial charge on any atom is 0.306 e. The van der Waals surface area contributed by atoms with Gasteiger partial charge in [-0.15, -0.1) is 0 Å². The summed E-state index contributed by atoms with van der Waals surface area (Å²) in [6.45, 7) is 1.58. The molecule has 6 heteroatoms. The number of amides is 1. The Balaban J connectivity index is 2.17. The van der Waals surface area contributed by atoms with Gasteiger partial charge in [-0.2, -0.15) is 0 Å². The van der Waals surface area contributed by atoms with Gasteiger partial charge in [-0.25, -0.2) is 0 Å². The Morgan fingerprint density at radius 2 is 1.48 bits per heavy atom. The summed E-state index contributed by atoms with van der Waals surface area (Å²) in [5.41, 5.74) is 2.86. The minimum atomic E-state index is -1.05. The number of aliphatic carboxylic acids is 2. The second-order valence-electron chi connectivity index (χ2n) is 6.48. The number of nitrogens with one attached hydrogen (secondary N) is 1. The molecule has 0 spiro atoms. The van der Waals surface area contributed by atoms with Crippen molar-refractivity contribution in [3.63, 3.8) is 0 Å². The number of carbonyl (C=O) groups excluding carboxylic acids is 1. The van der Waals surface area contributed by atoms with Crippen molar-refractivity contribution in [3.05, 3.63) is 60.2 Å². The quantitative estimate of drug-likeness (QED) is 0.628. The summed E-state index contributed by atoms with van der Waals surface area (Å²) in [7, 11) is 0. The maximum absolute atomic E-state index is 12.0. The van der Waals surface area contributed by atoms with Crippen LogP contribution >= 0.6 is 0 Å². The van der Waals surface area contributed by atoms with E-state index in [4.69, 9.17) is 5.11 Å². The Hall–Kier alpha value is -3.15. The molecule has 0 unspecified atom stereocenters. The van der Waals surface area contributed by atoms with Gasteiger partial charge in [0.25, 0.3) is 0 Å². The molecule has 0 aromatic heterocycles. The van der Waals surface area contributed by atoms with Crippen molar-refractivity contribution in [2.24, 2.45) is 5.92 Å². The minimum absolute atomic E-state index is 0.143. The molecule has 0 aliphatic rings. The lowest BCUT2D eigenvalue weighted by atomic mass is 9.94. The van der Waals surface area contributed by atoms with Crippen LogP contribution in [0.25, 0.3) is 11.1 Å². The molecule has 0 radical (unpaired) electrons. The molecule has 1 amide bonds. The van der Waals surface area contributed by atoms with E-state index in [1.807, 2.05) is 54.6 Å². The third kappa shape index (κ3) is 6.26. The summed E-state index contributed by atoms with van der Waals surface area (Å²) < 4.78 is 0. The van der Waals surface area contributed by atoms with Crippen LogP contribution in [0.5, 0.6) is 0 Å². The Morgan fingerprint density at radius 1 is 0.889 bits per heavy atom. The van der Waals surface area contributed by atoms with Crippen molar-refractivity contribution in [1.29, 1.82) is 0 Å². The van der Waals surface area contributed by atoms with Crippen molar-refractivity contribution in [2.75, 3.05) is 0 Å². The van der Waals surface area contributed by atoms with Crippen LogP contribution in [0.2, 0.25) is 0 Å². The van der Waals surface area contributed by atoms with E-state index >= 15 is 0 Å². The molecule has 2 rings (SSSR count). The van der Waals surface area contributed by atoms with Crippen LogP contribution in [0.1, 0.15) is 37.8 Å². The van der Waals surface area contributed by atoms with E-state index < -0.39 is 29.8 Å². The summed E-state index contributed by atoms with van der Waals surface area (Å²) in [5.74, 6) is -3.05. The summed E-state index contributed by atoms with van der Waals surface area (Å²) in [5, 5.41) is 20.7. The van der Waals surface area contributed by atoms with Gasteiger partial charge in [0.15, 0.2) is 0 Å². The molecular weight excluding hydrogens is 346 g/mol. The normalized spacial score (nSPS) is 12.8. The molecule has 0 bridgehead atoms. The van der Waals surface area contributed by atoms with Gasteiger partial charge >= 0.3 is 11.9 Å². The average molecular weight is 369 g/mol. The standard InChI is InChI=1S/C21H23NO5/c1-14(21(26)27)13-18(22-19(23)11-12-20(24)25)17-9-7-16(8-10-17)15-5-3-2-4-6-15/h2-10,14,18H,11-13H2,1H3,(H,22,23)(H,24,25)(H,26,27)/t14-,18+/m1/s1. The van der Waals surface area contributed by atoms with Gasteiger partial charge in [-0.1, -0.05) is 61.5 Å². The summed E-state index contributed by atoms with van der Waals surface area (Å²) >= 11 is 0. The van der Waals surface area contributed by atoms with E-state index in [1.54, 1.807) is 6.92 Å². The molecule has 27 heavy (non-hydrogen) atoms. The lowest BCUT2D eigenvalue weighted by molar-refractivity contribution is -0.141. The molecule has 0 saturated carbocycles. The molecule has 3 N–H and O–H groups in total. The summed E-state index contributed by atoms with van der Waals surface area (Å²) in [4.78, 5) is 33.9.